The number of phenols is 1. The lowest BCUT2D eigenvalue weighted by atomic mass is 9.81. The van der Waals surface area contributed by atoms with E-state index in [1.165, 1.54) is 66.7 Å². The van der Waals surface area contributed by atoms with Crippen LogP contribution in [0.25, 0.3) is 60.9 Å². The topological polar surface area (TPSA) is 259 Å². The second-order valence-electron chi connectivity index (χ2n) is 25.8. The number of carboxylic acid groups (broad SMARTS) is 2. The minimum Gasteiger partial charge on any atom is -0.744 e. The van der Waals surface area contributed by atoms with Crippen molar-refractivity contribution in [2.45, 2.75) is 78.4 Å². The van der Waals surface area contributed by atoms with E-state index in [1.54, 1.807) is 60.7 Å². The molecule has 4 N–H and O–H groups in total. The Balaban J connectivity index is 0.748. The van der Waals surface area contributed by atoms with Crippen molar-refractivity contribution < 1.29 is 61.2 Å². The van der Waals surface area contributed by atoms with Crippen molar-refractivity contribution >= 4 is 78.3 Å². The highest BCUT2D eigenvalue weighted by Gasteiger charge is 2.45. The van der Waals surface area contributed by atoms with Gasteiger partial charge in [0.25, 0.3) is 11.8 Å². The smallest absolute Gasteiger partial charge is 0.335 e. The molecule has 1 aliphatic carbocycles. The summed E-state index contributed by atoms with van der Waals surface area (Å²) >= 11 is 0. The van der Waals surface area contributed by atoms with Gasteiger partial charge in [-0.1, -0.05) is 124 Å². The molecule has 0 aromatic heterocycles. The normalized spacial score (nSPS) is 14.0. The van der Waals surface area contributed by atoms with Gasteiger partial charge in [-0.05, 0) is 134 Å². The Morgan fingerprint density at radius 3 is 2.01 bits per heavy atom. The molecular formula is C80H69N4O13S-. The van der Waals surface area contributed by atoms with Gasteiger partial charge in [-0.2, -0.15) is 4.58 Å². The SMILES string of the molecule is CCN(CC)c1ccc2c(c1)OC(C(C)(C)C)=C\C2=C/C=C/C=C\C1=[N+](Cc2ccc(C(=O)NCc3cccc(CNC(=O)c4ccc(-c5c6cc(-c7ccc(C(=O)O)cc7)c(=O)cc-6oc6cc(O)c7ccccc7c56)c(C(=O)[O-])c4)c3)cc2)c2ccc(S(=O)(=O)[O-])cc2C1(C)C. The van der Waals surface area contributed by atoms with E-state index in [4.69, 9.17) is 9.15 Å². The fraction of sp³-hybridized carbons (Fsp3) is 0.175. The van der Waals surface area contributed by atoms with Crippen molar-refractivity contribution in [2.75, 3.05) is 18.0 Å². The molecule has 2 amide bonds. The maximum Gasteiger partial charge on any atom is 0.335 e. The second kappa shape index (κ2) is 26.6. The first kappa shape index (κ1) is 66.5. The van der Waals surface area contributed by atoms with E-state index in [9.17, 15) is 52.3 Å². The maximum atomic E-state index is 14.0. The van der Waals surface area contributed by atoms with Crippen LogP contribution in [0.2, 0.25) is 0 Å². The minimum absolute atomic E-state index is 0.00394. The molecule has 0 saturated heterocycles. The van der Waals surface area contributed by atoms with Gasteiger partial charge in [-0.25, -0.2) is 13.2 Å². The predicted octanol–water partition coefficient (Wildman–Crippen LogP) is 13.9. The molecule has 3 heterocycles. The van der Waals surface area contributed by atoms with Crippen LogP contribution < -0.4 is 30.8 Å². The van der Waals surface area contributed by atoms with Crippen molar-refractivity contribution in [1.29, 1.82) is 0 Å². The Hall–Kier alpha value is -11.5. The van der Waals surface area contributed by atoms with Gasteiger partial charge >= 0.3 is 5.97 Å². The molecule has 0 unspecified atom stereocenters. The van der Waals surface area contributed by atoms with Crippen LogP contribution in [-0.4, -0.2) is 70.3 Å². The first-order valence-corrected chi connectivity index (χ1v) is 33.4. The fourth-order valence-electron chi connectivity index (χ4n) is 12.8. The van der Waals surface area contributed by atoms with Gasteiger partial charge in [-0.3, -0.25) is 14.4 Å². The van der Waals surface area contributed by atoms with Gasteiger partial charge < -0.3 is 49.4 Å². The van der Waals surface area contributed by atoms with E-state index < -0.39 is 38.8 Å². The first-order chi connectivity index (χ1) is 46.8. The quantitative estimate of drug-likeness (QED) is 0.0193. The van der Waals surface area contributed by atoms with E-state index in [2.05, 4.69) is 85.1 Å². The summed E-state index contributed by atoms with van der Waals surface area (Å²) in [6.45, 7) is 16.9. The van der Waals surface area contributed by atoms with Gasteiger partial charge in [0.1, 0.15) is 38.7 Å². The van der Waals surface area contributed by atoms with Gasteiger partial charge in [0.2, 0.25) is 5.69 Å². The molecule has 0 radical (unpaired) electrons. The summed E-state index contributed by atoms with van der Waals surface area (Å²) in [6, 6.07) is 46.2. The van der Waals surface area contributed by atoms with Gasteiger partial charge in [0, 0.05) is 128 Å². The second-order valence-corrected chi connectivity index (χ2v) is 27.1. The molecule has 0 spiro atoms. The number of anilines is 1. The summed E-state index contributed by atoms with van der Waals surface area (Å²) < 4.78 is 51.8. The molecule has 8 aromatic rings. The predicted molar refractivity (Wildman–Crippen MR) is 376 cm³/mol. The van der Waals surface area contributed by atoms with Crippen LogP contribution in [0.5, 0.6) is 11.5 Å². The summed E-state index contributed by atoms with van der Waals surface area (Å²) in [7, 11) is -4.75. The van der Waals surface area contributed by atoms with Crippen molar-refractivity contribution in [3.8, 4) is 45.1 Å². The number of hydrogen-bond donors (Lipinski definition) is 4. The van der Waals surface area contributed by atoms with Crippen LogP contribution in [0.15, 0.2) is 226 Å². The number of phenolic OH excluding ortho intramolecular Hbond substituents is 1. The van der Waals surface area contributed by atoms with Crippen LogP contribution in [0.1, 0.15) is 118 Å². The highest BCUT2D eigenvalue weighted by molar-refractivity contribution is 7.85. The third-order valence-corrected chi connectivity index (χ3v) is 18.9. The number of carbonyl (C=O) groups excluding carboxylic acids is 3. The number of rotatable bonds is 19. The Bertz CT molecular complexity index is 5240. The number of aromatic carboxylic acids is 2. The van der Waals surface area contributed by atoms with Crippen molar-refractivity contribution in [2.24, 2.45) is 5.41 Å². The zero-order valence-corrected chi connectivity index (χ0v) is 55.7. The average molecular weight is 1330 g/mol. The summed E-state index contributed by atoms with van der Waals surface area (Å²) in [5.74, 6) is -2.07. The number of carbonyl (C=O) groups is 4. The lowest BCUT2D eigenvalue weighted by Crippen LogP contribution is -2.27. The van der Waals surface area contributed by atoms with Crippen molar-refractivity contribution in [3.05, 3.63) is 272 Å². The summed E-state index contributed by atoms with van der Waals surface area (Å²) in [6.07, 6.45) is 12.0. The largest absolute Gasteiger partial charge is 0.744 e. The standard InChI is InChI=1S/C80H70N4O13S/c1-8-83(9-2)55-31-34-57-53(38-72(79(3,4)5)97-68(57)39-55)18-11-10-12-21-71-80(6,7)64-40-56(98(93,94)95)32-35-65(64)84(71)46-47-22-24-51(25-23-47)75(87)81-44-48-16-15-17-49(36-48)45-82-76(88)54-30-33-60(62(37-54)78(91)92)73-63-41-61(50-26-28-52(29-27-50)77(89)90)67(86)42-69(63)96-70-43-66(85)58-19-13-14-20-59(58)74(70)73/h10-43H,8-9,44-46H2,1-7H3,(H5-,81,82,85,86,87,88,89,90,91,92,93,94,95)/p-1. The molecule has 4 aliphatic rings. The molecular weight excluding hydrogens is 1260 g/mol. The molecule has 494 valence electrons. The minimum atomic E-state index is -4.75. The number of benzene rings is 9. The zero-order valence-electron chi connectivity index (χ0n) is 54.9. The van der Waals surface area contributed by atoms with E-state index in [1.807, 2.05) is 62.4 Å². The molecule has 3 aliphatic heterocycles. The summed E-state index contributed by atoms with van der Waals surface area (Å²) in [5.41, 5.74) is 7.74. The van der Waals surface area contributed by atoms with Crippen LogP contribution in [0, 0.1) is 5.41 Å². The number of nitrogens with zero attached hydrogens (tertiary/aromatic N) is 2. The molecule has 0 saturated carbocycles. The maximum absolute atomic E-state index is 14.0. The summed E-state index contributed by atoms with van der Waals surface area (Å²) in [4.78, 5) is 68.3. The number of fused-ring (bicyclic) bond motifs is 6. The Labute approximate surface area is 566 Å². The van der Waals surface area contributed by atoms with Crippen LogP contribution in [0.3, 0.4) is 0 Å². The third kappa shape index (κ3) is 13.3. The van der Waals surface area contributed by atoms with Crippen molar-refractivity contribution in [3.63, 3.8) is 0 Å². The lowest BCUT2D eigenvalue weighted by molar-refractivity contribution is -0.455. The first-order valence-electron chi connectivity index (χ1n) is 32.0. The highest BCUT2D eigenvalue weighted by Crippen LogP contribution is 2.48. The van der Waals surface area contributed by atoms with E-state index in [0.29, 0.717) is 56.1 Å². The molecule has 98 heavy (non-hydrogen) atoms. The molecule has 18 heteroatoms. The molecule has 0 bridgehead atoms. The fourth-order valence-corrected chi connectivity index (χ4v) is 13.3. The number of nitrogens with one attached hydrogen (secondary N) is 2. The number of ether oxygens (including phenoxy) is 1. The number of aromatic hydroxyl groups is 1. The zero-order chi connectivity index (χ0) is 69.5. The van der Waals surface area contributed by atoms with Gasteiger partial charge in [0.15, 0.2) is 17.7 Å². The van der Waals surface area contributed by atoms with E-state index >= 15 is 0 Å². The van der Waals surface area contributed by atoms with E-state index in [0.717, 1.165) is 63.9 Å². The number of amides is 2. The molecule has 0 fully saturated rings. The monoisotopic (exact) mass is 1330 g/mol. The van der Waals surface area contributed by atoms with Gasteiger partial charge in [-0.15, -0.1) is 0 Å². The molecule has 12 rings (SSSR count). The Kier molecular flexibility index (Phi) is 18.1. The molecule has 17 nitrogen and oxygen atoms in total. The molecule has 8 aromatic carbocycles. The van der Waals surface area contributed by atoms with Crippen LogP contribution in [-0.2, 0) is 35.2 Å². The number of carboxylic acids is 2. The number of allylic oxidation sites excluding steroid dienone is 8. The lowest BCUT2D eigenvalue weighted by Gasteiger charge is -2.30. The average Bonchev–Trinajstić information content (AvgIpc) is 1.10. The van der Waals surface area contributed by atoms with E-state index in [-0.39, 0.29) is 74.2 Å². The number of hydrogen-bond acceptors (Lipinski definition) is 13. The van der Waals surface area contributed by atoms with Crippen molar-refractivity contribution in [1.82, 2.24) is 10.6 Å². The van der Waals surface area contributed by atoms with Gasteiger partial charge in [0.05, 0.1) is 21.8 Å². The Morgan fingerprint density at radius 1 is 0.684 bits per heavy atom. The van der Waals surface area contributed by atoms with Crippen LogP contribution >= 0.6 is 0 Å². The third-order valence-electron chi connectivity index (χ3n) is 18.0. The highest BCUT2D eigenvalue weighted by atomic mass is 32.2. The van der Waals surface area contributed by atoms with Crippen LogP contribution in [0.4, 0.5) is 11.4 Å². The summed E-state index contributed by atoms with van der Waals surface area (Å²) in [5, 5.41) is 41.1. The Morgan fingerprint density at radius 2 is 1.35 bits per heavy atom. The molecule has 0 atom stereocenters.